The van der Waals surface area contributed by atoms with Crippen LogP contribution in [0.1, 0.15) is 11.1 Å². The summed E-state index contributed by atoms with van der Waals surface area (Å²) in [6, 6.07) is 11.2. The number of carbonyl (C=O) groups is 1. The lowest BCUT2D eigenvalue weighted by atomic mass is 10.2. The summed E-state index contributed by atoms with van der Waals surface area (Å²) in [7, 11) is 0. The monoisotopic (exact) mass is 440 g/mol. The Morgan fingerprint density at radius 2 is 2.08 bits per heavy atom. The molecular weight excluding hydrogens is 428 g/mol. The van der Waals surface area contributed by atoms with Gasteiger partial charge in [-0.25, -0.2) is 5.43 Å². The molecule has 0 radical (unpaired) electrons. The number of benzene rings is 2. The van der Waals surface area contributed by atoms with Gasteiger partial charge < -0.3 is 9.47 Å². The number of fused-ring (bicyclic) bond motifs is 1. The van der Waals surface area contributed by atoms with Gasteiger partial charge in [0.15, 0.2) is 11.5 Å². The summed E-state index contributed by atoms with van der Waals surface area (Å²) >= 11 is 11.0. The maximum atomic E-state index is 11.8. The average molecular weight is 442 g/mol. The lowest BCUT2D eigenvalue weighted by Gasteiger charge is -2.04. The van der Waals surface area contributed by atoms with E-state index in [1.54, 1.807) is 12.3 Å². The third-order valence-corrected chi connectivity index (χ3v) is 5.37. The Labute approximate surface area is 162 Å². The standard InChI is InChI=1S/C17H14BrClN2O3S/c18-13-6-16-15(23-10-24-16)5-12(13)7-20-21-17(22)9-25-8-11-3-1-2-4-14(11)19/h1-7H,8-10H2,(H,21,22)/b20-7-. The molecule has 1 aliphatic heterocycles. The number of nitrogens with zero attached hydrogens (tertiary/aromatic N) is 1. The largest absolute Gasteiger partial charge is 0.454 e. The molecule has 2 aromatic rings. The first-order valence-electron chi connectivity index (χ1n) is 7.35. The van der Waals surface area contributed by atoms with Crippen LogP contribution in [0.5, 0.6) is 11.5 Å². The second-order valence-corrected chi connectivity index (χ2v) is 7.35. The molecule has 0 atom stereocenters. The topological polar surface area (TPSA) is 59.9 Å². The summed E-state index contributed by atoms with van der Waals surface area (Å²) in [6.07, 6.45) is 1.56. The molecule has 1 amide bonds. The van der Waals surface area contributed by atoms with E-state index in [-0.39, 0.29) is 12.7 Å². The van der Waals surface area contributed by atoms with Gasteiger partial charge in [0, 0.05) is 20.8 Å². The third kappa shape index (κ3) is 4.90. The molecule has 0 fully saturated rings. The zero-order valence-corrected chi connectivity index (χ0v) is 16.2. The fourth-order valence-electron chi connectivity index (χ4n) is 2.11. The summed E-state index contributed by atoms with van der Waals surface area (Å²) in [6.45, 7) is 0.210. The Balaban J connectivity index is 1.47. The average Bonchev–Trinajstić information content (AvgIpc) is 3.04. The SMILES string of the molecule is O=C(CSCc1ccccc1Cl)N/N=C\c1cc2c(cc1Br)OCO2. The van der Waals surface area contributed by atoms with Crippen LogP contribution in [0.3, 0.4) is 0 Å². The highest BCUT2D eigenvalue weighted by Gasteiger charge is 2.15. The fraction of sp³-hybridized carbons (Fsp3) is 0.176. The first kappa shape index (κ1) is 18.1. The molecule has 0 aliphatic carbocycles. The molecule has 0 saturated heterocycles. The van der Waals surface area contributed by atoms with Gasteiger partial charge in [-0.1, -0.05) is 29.8 Å². The van der Waals surface area contributed by atoms with Crippen LogP contribution in [0.25, 0.3) is 0 Å². The van der Waals surface area contributed by atoms with Gasteiger partial charge in [0.1, 0.15) is 0 Å². The van der Waals surface area contributed by atoms with Gasteiger partial charge in [-0.2, -0.15) is 5.10 Å². The van der Waals surface area contributed by atoms with Crippen molar-refractivity contribution in [1.29, 1.82) is 0 Å². The Bertz CT molecular complexity index is 816. The first-order valence-corrected chi connectivity index (χ1v) is 9.68. The highest BCUT2D eigenvalue weighted by atomic mass is 79.9. The summed E-state index contributed by atoms with van der Waals surface area (Å²) in [5.41, 5.74) is 4.31. The van der Waals surface area contributed by atoms with E-state index in [2.05, 4.69) is 26.5 Å². The number of hydrazone groups is 1. The van der Waals surface area contributed by atoms with Crippen LogP contribution >= 0.6 is 39.3 Å². The Morgan fingerprint density at radius 3 is 2.88 bits per heavy atom. The number of ether oxygens (including phenoxy) is 2. The molecule has 25 heavy (non-hydrogen) atoms. The van der Waals surface area contributed by atoms with Crippen molar-refractivity contribution in [3.8, 4) is 11.5 Å². The second-order valence-electron chi connectivity index (χ2n) is 5.10. The van der Waals surface area contributed by atoms with E-state index in [1.165, 1.54) is 11.8 Å². The van der Waals surface area contributed by atoms with E-state index in [9.17, 15) is 4.79 Å². The van der Waals surface area contributed by atoms with Crippen molar-refractivity contribution in [2.24, 2.45) is 5.10 Å². The molecule has 3 rings (SSSR count). The molecule has 0 saturated carbocycles. The van der Waals surface area contributed by atoms with E-state index in [0.717, 1.165) is 15.6 Å². The van der Waals surface area contributed by atoms with E-state index in [4.69, 9.17) is 21.1 Å². The molecule has 1 aliphatic rings. The van der Waals surface area contributed by atoms with Gasteiger partial charge in [0.05, 0.1) is 12.0 Å². The van der Waals surface area contributed by atoms with E-state index in [1.807, 2.05) is 30.3 Å². The minimum absolute atomic E-state index is 0.176. The molecule has 0 spiro atoms. The summed E-state index contributed by atoms with van der Waals surface area (Å²) < 4.78 is 11.4. The minimum Gasteiger partial charge on any atom is -0.454 e. The van der Waals surface area contributed by atoms with Gasteiger partial charge >= 0.3 is 0 Å². The van der Waals surface area contributed by atoms with Gasteiger partial charge in [0.25, 0.3) is 0 Å². The van der Waals surface area contributed by atoms with E-state index >= 15 is 0 Å². The van der Waals surface area contributed by atoms with Gasteiger partial charge in [0.2, 0.25) is 12.7 Å². The number of amides is 1. The van der Waals surface area contributed by atoms with E-state index in [0.29, 0.717) is 28.0 Å². The Kier molecular flexibility index (Phi) is 6.23. The fourth-order valence-corrected chi connectivity index (χ4v) is 3.64. The van der Waals surface area contributed by atoms with Crippen LogP contribution in [0, 0.1) is 0 Å². The van der Waals surface area contributed by atoms with Gasteiger partial charge in [-0.3, -0.25) is 4.79 Å². The van der Waals surface area contributed by atoms with Crippen molar-refractivity contribution in [3.63, 3.8) is 0 Å². The number of hydrogen-bond acceptors (Lipinski definition) is 5. The summed E-state index contributed by atoms with van der Waals surface area (Å²) in [5.74, 6) is 2.13. The maximum absolute atomic E-state index is 11.8. The quantitative estimate of drug-likeness (QED) is 0.539. The molecule has 1 N–H and O–H groups in total. The molecule has 1 heterocycles. The number of rotatable bonds is 6. The smallest absolute Gasteiger partial charge is 0.250 e. The minimum atomic E-state index is -0.176. The second kappa shape index (κ2) is 8.60. The van der Waals surface area contributed by atoms with Crippen molar-refractivity contribution in [3.05, 3.63) is 57.0 Å². The molecule has 2 aromatic carbocycles. The first-order chi connectivity index (χ1) is 12.1. The van der Waals surface area contributed by atoms with Crippen molar-refractivity contribution in [2.45, 2.75) is 5.75 Å². The zero-order valence-electron chi connectivity index (χ0n) is 13.0. The molecule has 130 valence electrons. The zero-order chi connectivity index (χ0) is 17.6. The normalized spacial score (nSPS) is 12.6. The highest BCUT2D eigenvalue weighted by molar-refractivity contribution is 9.10. The van der Waals surface area contributed by atoms with Crippen molar-refractivity contribution >= 4 is 51.4 Å². The van der Waals surface area contributed by atoms with Crippen LogP contribution in [0.4, 0.5) is 0 Å². The van der Waals surface area contributed by atoms with Gasteiger partial charge in [-0.15, -0.1) is 11.8 Å². The predicted octanol–water partition coefficient (Wildman–Crippen LogP) is 4.21. The molecule has 0 unspecified atom stereocenters. The predicted molar refractivity (Wildman–Crippen MR) is 104 cm³/mol. The number of hydrogen-bond donors (Lipinski definition) is 1. The number of carbonyl (C=O) groups excluding carboxylic acids is 1. The lowest BCUT2D eigenvalue weighted by Crippen LogP contribution is -2.19. The van der Waals surface area contributed by atoms with Crippen LogP contribution < -0.4 is 14.9 Å². The highest BCUT2D eigenvalue weighted by Crippen LogP contribution is 2.36. The van der Waals surface area contributed by atoms with Crippen LogP contribution in [-0.2, 0) is 10.5 Å². The van der Waals surface area contributed by atoms with Crippen molar-refractivity contribution in [2.75, 3.05) is 12.5 Å². The Hall–Kier alpha value is -1.70. The summed E-state index contributed by atoms with van der Waals surface area (Å²) in [4.78, 5) is 11.8. The third-order valence-electron chi connectivity index (χ3n) is 3.33. The number of nitrogens with one attached hydrogen (secondary N) is 1. The van der Waals surface area contributed by atoms with Crippen LogP contribution in [-0.4, -0.2) is 24.7 Å². The molecule has 0 bridgehead atoms. The number of thioether (sulfide) groups is 1. The molecule has 5 nitrogen and oxygen atoms in total. The number of halogens is 2. The maximum Gasteiger partial charge on any atom is 0.250 e. The van der Waals surface area contributed by atoms with E-state index < -0.39 is 0 Å². The van der Waals surface area contributed by atoms with Crippen molar-refractivity contribution < 1.29 is 14.3 Å². The lowest BCUT2D eigenvalue weighted by molar-refractivity contribution is -0.118. The van der Waals surface area contributed by atoms with Crippen molar-refractivity contribution in [1.82, 2.24) is 5.43 Å². The Morgan fingerprint density at radius 1 is 1.32 bits per heavy atom. The molecule has 8 heteroatoms. The summed E-state index contributed by atoms with van der Waals surface area (Å²) in [5, 5.41) is 4.69. The molecular formula is C17H14BrClN2O3S. The van der Waals surface area contributed by atoms with Crippen LogP contribution in [0.2, 0.25) is 5.02 Å². The van der Waals surface area contributed by atoms with Gasteiger partial charge in [-0.05, 0) is 39.7 Å². The molecule has 0 aromatic heterocycles. The van der Waals surface area contributed by atoms with Crippen LogP contribution in [0.15, 0.2) is 46.0 Å².